The van der Waals surface area contributed by atoms with E-state index < -0.39 is 15.4 Å². The molecular formula is C28H18BrN5O6. The van der Waals surface area contributed by atoms with Crippen LogP contribution in [0, 0.1) is 20.2 Å². The van der Waals surface area contributed by atoms with Gasteiger partial charge in [0.2, 0.25) is 5.75 Å². The van der Waals surface area contributed by atoms with Crippen LogP contribution in [-0.4, -0.2) is 25.7 Å². The van der Waals surface area contributed by atoms with Gasteiger partial charge >= 0.3 is 5.69 Å². The predicted octanol–water partition coefficient (Wildman–Crippen LogP) is 6.10. The molecule has 0 bridgehead atoms. The number of para-hydroxylation sites is 1. The molecule has 1 aromatic heterocycles. The Morgan fingerprint density at radius 1 is 0.925 bits per heavy atom. The Labute approximate surface area is 234 Å². The van der Waals surface area contributed by atoms with E-state index in [9.17, 15) is 25.0 Å². The molecule has 0 N–H and O–H groups in total. The SMILES string of the molecule is O=c1c2ccccc2nc(-c2ccccc2)n1N=Cc1cc(Br)c(OCc2cccc([N+](=O)[O-])c2)c([N+](=O)[O-])c1. The number of benzene rings is 4. The Kier molecular flexibility index (Phi) is 7.42. The predicted molar refractivity (Wildman–Crippen MR) is 153 cm³/mol. The maximum atomic E-state index is 13.4. The normalized spacial score (nSPS) is 11.1. The van der Waals surface area contributed by atoms with Crippen LogP contribution in [0.25, 0.3) is 22.3 Å². The van der Waals surface area contributed by atoms with E-state index in [0.29, 0.717) is 33.4 Å². The van der Waals surface area contributed by atoms with Gasteiger partial charge in [-0.1, -0.05) is 54.6 Å². The molecule has 0 unspecified atom stereocenters. The van der Waals surface area contributed by atoms with Crippen LogP contribution in [0.4, 0.5) is 11.4 Å². The molecule has 5 rings (SSSR count). The average molecular weight is 600 g/mol. The summed E-state index contributed by atoms with van der Waals surface area (Å²) in [6, 6.07) is 24.6. The quantitative estimate of drug-likeness (QED) is 0.119. The minimum Gasteiger partial charge on any atom is -0.481 e. The molecule has 0 saturated heterocycles. The molecule has 40 heavy (non-hydrogen) atoms. The van der Waals surface area contributed by atoms with Gasteiger partial charge in [-0.2, -0.15) is 9.78 Å². The van der Waals surface area contributed by atoms with Gasteiger partial charge in [0.15, 0.2) is 5.82 Å². The molecule has 5 aromatic rings. The lowest BCUT2D eigenvalue weighted by atomic mass is 10.2. The van der Waals surface area contributed by atoms with Crippen LogP contribution in [0.1, 0.15) is 11.1 Å². The Bertz CT molecular complexity index is 1860. The summed E-state index contributed by atoms with van der Waals surface area (Å²) in [5.41, 5.74) is 1.10. The van der Waals surface area contributed by atoms with Crippen molar-refractivity contribution in [3.63, 3.8) is 0 Å². The van der Waals surface area contributed by atoms with Crippen molar-refractivity contribution in [3.8, 4) is 17.1 Å². The molecule has 198 valence electrons. The largest absolute Gasteiger partial charge is 0.481 e. The van der Waals surface area contributed by atoms with E-state index in [4.69, 9.17) is 4.74 Å². The molecule has 0 aliphatic rings. The van der Waals surface area contributed by atoms with Gasteiger partial charge in [0.1, 0.15) is 6.61 Å². The highest BCUT2D eigenvalue weighted by Gasteiger charge is 2.21. The lowest BCUT2D eigenvalue weighted by Gasteiger charge is -2.11. The molecule has 0 aliphatic carbocycles. The minimum atomic E-state index is -0.607. The molecule has 4 aromatic carbocycles. The third kappa shape index (κ3) is 5.47. The average Bonchev–Trinajstić information content (AvgIpc) is 2.96. The van der Waals surface area contributed by atoms with E-state index in [0.717, 1.165) is 4.68 Å². The van der Waals surface area contributed by atoms with Crippen LogP contribution in [0.2, 0.25) is 0 Å². The van der Waals surface area contributed by atoms with E-state index in [1.807, 2.05) is 18.2 Å². The Morgan fingerprint density at radius 2 is 1.68 bits per heavy atom. The number of nitrogens with zero attached hydrogens (tertiary/aromatic N) is 5. The molecule has 12 heteroatoms. The van der Waals surface area contributed by atoms with Crippen LogP contribution in [0.5, 0.6) is 5.75 Å². The summed E-state index contributed by atoms with van der Waals surface area (Å²) >= 11 is 3.32. The Hall–Kier alpha value is -5.23. The number of non-ortho nitro benzene ring substituents is 1. The molecule has 0 aliphatic heterocycles. The summed E-state index contributed by atoms with van der Waals surface area (Å²) in [6.45, 7) is -0.132. The monoisotopic (exact) mass is 599 g/mol. The van der Waals surface area contributed by atoms with Crippen LogP contribution in [0.15, 0.2) is 105 Å². The molecular weight excluding hydrogens is 582 g/mol. The third-order valence-corrected chi connectivity index (χ3v) is 6.44. The fourth-order valence-electron chi connectivity index (χ4n) is 4.00. The Morgan fingerprint density at radius 3 is 2.42 bits per heavy atom. The van der Waals surface area contributed by atoms with Gasteiger partial charge < -0.3 is 4.74 Å². The first-order chi connectivity index (χ1) is 19.3. The highest BCUT2D eigenvalue weighted by Crippen LogP contribution is 2.37. The van der Waals surface area contributed by atoms with Crippen molar-refractivity contribution in [2.75, 3.05) is 0 Å². The van der Waals surface area contributed by atoms with Crippen molar-refractivity contribution in [3.05, 3.63) is 137 Å². The van der Waals surface area contributed by atoms with Crippen LogP contribution < -0.4 is 10.3 Å². The zero-order chi connectivity index (χ0) is 28.2. The van der Waals surface area contributed by atoms with Gasteiger partial charge in [0.25, 0.3) is 11.2 Å². The van der Waals surface area contributed by atoms with Gasteiger partial charge in [-0.15, -0.1) is 0 Å². The van der Waals surface area contributed by atoms with Crippen molar-refractivity contribution < 1.29 is 14.6 Å². The van der Waals surface area contributed by atoms with E-state index >= 15 is 0 Å². The fourth-order valence-corrected chi connectivity index (χ4v) is 4.58. The van der Waals surface area contributed by atoms with Crippen molar-refractivity contribution in [1.29, 1.82) is 0 Å². The van der Waals surface area contributed by atoms with Crippen molar-refractivity contribution in [2.24, 2.45) is 5.10 Å². The van der Waals surface area contributed by atoms with E-state index in [-0.39, 0.29) is 28.2 Å². The molecule has 11 nitrogen and oxygen atoms in total. The van der Waals surface area contributed by atoms with Crippen molar-refractivity contribution >= 4 is 44.4 Å². The fraction of sp³-hybridized carbons (Fsp3) is 0.0357. The van der Waals surface area contributed by atoms with Crippen molar-refractivity contribution in [2.45, 2.75) is 6.61 Å². The third-order valence-electron chi connectivity index (χ3n) is 5.86. The molecule has 0 fully saturated rings. The summed E-state index contributed by atoms with van der Waals surface area (Å²) < 4.78 is 7.11. The number of rotatable bonds is 8. The van der Waals surface area contributed by atoms with Gasteiger partial charge in [-0.3, -0.25) is 25.0 Å². The lowest BCUT2D eigenvalue weighted by molar-refractivity contribution is -0.386. The summed E-state index contributed by atoms with van der Waals surface area (Å²) in [6.07, 6.45) is 1.33. The molecule has 1 heterocycles. The summed E-state index contributed by atoms with van der Waals surface area (Å²) in [5.74, 6) is 0.259. The molecule has 0 spiro atoms. The van der Waals surface area contributed by atoms with Gasteiger partial charge in [0.05, 0.1) is 31.4 Å². The number of halogens is 1. The summed E-state index contributed by atoms with van der Waals surface area (Å²) in [7, 11) is 0. The minimum absolute atomic E-state index is 0.0526. The second kappa shape index (κ2) is 11.3. The number of ether oxygens (including phenoxy) is 1. The topological polar surface area (TPSA) is 143 Å². The number of hydrogen-bond acceptors (Lipinski definition) is 8. The Balaban J connectivity index is 1.52. The zero-order valence-corrected chi connectivity index (χ0v) is 22.1. The number of nitro benzene ring substituents is 2. The number of hydrogen-bond donors (Lipinski definition) is 0. The standard InChI is InChI=1S/C28H18BrN5O6/c29-23-14-19(15-25(34(38)39)26(23)40-17-18-7-6-10-21(13-18)33(36)37)16-30-32-27(20-8-2-1-3-9-20)31-24-12-5-4-11-22(24)28(32)35/h1-16H,17H2. The highest BCUT2D eigenvalue weighted by molar-refractivity contribution is 9.10. The van der Waals surface area contributed by atoms with E-state index in [2.05, 4.69) is 26.0 Å². The first-order valence-electron chi connectivity index (χ1n) is 11.8. The number of fused-ring (bicyclic) bond motifs is 1. The first kappa shape index (κ1) is 26.4. The second-order valence-electron chi connectivity index (χ2n) is 8.50. The lowest BCUT2D eigenvalue weighted by Crippen LogP contribution is -2.20. The number of nitro groups is 2. The summed E-state index contributed by atoms with van der Waals surface area (Å²) in [5, 5.41) is 27.7. The van der Waals surface area contributed by atoms with Crippen molar-refractivity contribution in [1.82, 2.24) is 9.66 Å². The number of aromatic nitrogens is 2. The smallest absolute Gasteiger partial charge is 0.312 e. The van der Waals surface area contributed by atoms with Crippen LogP contribution in [-0.2, 0) is 6.61 Å². The van der Waals surface area contributed by atoms with Gasteiger partial charge in [-0.25, -0.2) is 4.98 Å². The maximum absolute atomic E-state index is 13.4. The van der Waals surface area contributed by atoms with E-state index in [1.54, 1.807) is 48.5 Å². The second-order valence-corrected chi connectivity index (χ2v) is 9.36. The molecule has 0 atom stereocenters. The molecule has 0 radical (unpaired) electrons. The van der Waals surface area contributed by atoms with Crippen LogP contribution in [0.3, 0.4) is 0 Å². The zero-order valence-electron chi connectivity index (χ0n) is 20.5. The molecule has 0 amide bonds. The van der Waals surface area contributed by atoms with Gasteiger partial charge in [0, 0.05) is 29.3 Å². The maximum Gasteiger partial charge on any atom is 0.312 e. The highest BCUT2D eigenvalue weighted by atomic mass is 79.9. The van der Waals surface area contributed by atoms with E-state index in [1.165, 1.54) is 30.5 Å². The summed E-state index contributed by atoms with van der Waals surface area (Å²) in [4.78, 5) is 39.8. The van der Waals surface area contributed by atoms with Gasteiger partial charge in [-0.05, 0) is 39.7 Å². The molecule has 0 saturated carbocycles. The van der Waals surface area contributed by atoms with Crippen LogP contribution >= 0.6 is 15.9 Å². The first-order valence-corrected chi connectivity index (χ1v) is 12.6.